The maximum absolute atomic E-state index is 13.3. The minimum Gasteiger partial charge on any atom is -0.314 e. The first-order chi connectivity index (χ1) is 13.8. The third-order valence-corrected chi connectivity index (χ3v) is 6.95. The summed E-state index contributed by atoms with van der Waals surface area (Å²) in [5, 5.41) is 0.572. The number of anilines is 2. The number of hydrogen-bond acceptors (Lipinski definition) is 4. The fraction of sp³-hybridized carbons (Fsp3) is 0.0870. The first-order valence-electron chi connectivity index (χ1n) is 9.02. The molecule has 0 aromatic heterocycles. The molecule has 146 valence electrons. The zero-order valence-corrected chi connectivity index (χ0v) is 17.5. The molecular weight excluding hydrogens is 406 g/mol. The van der Waals surface area contributed by atoms with Gasteiger partial charge in [0.15, 0.2) is 0 Å². The second-order valence-corrected chi connectivity index (χ2v) is 9.28. The molecule has 0 saturated carbocycles. The minimum atomic E-state index is -3.96. The summed E-state index contributed by atoms with van der Waals surface area (Å²) >= 11 is 6.00. The van der Waals surface area contributed by atoms with Crippen LogP contribution in [0, 0.1) is 13.8 Å². The number of carbonyl (C=O) groups excluding carboxylic acids is 1. The number of allylic oxidation sites excluding steroid dienone is 1. The molecule has 0 unspecified atom stereocenters. The lowest BCUT2D eigenvalue weighted by Crippen LogP contribution is -2.26. The Morgan fingerprint density at radius 3 is 2.31 bits per heavy atom. The van der Waals surface area contributed by atoms with Crippen LogP contribution in [0.25, 0.3) is 0 Å². The summed E-state index contributed by atoms with van der Waals surface area (Å²) in [6.07, 6.45) is 1.41. The maximum atomic E-state index is 13.3. The zero-order chi connectivity index (χ0) is 20.8. The molecule has 4 nitrogen and oxygen atoms in total. The summed E-state index contributed by atoms with van der Waals surface area (Å²) in [6.45, 7) is 3.73. The lowest BCUT2D eigenvalue weighted by atomic mass is 10.0. The highest BCUT2D eigenvalue weighted by atomic mass is 35.5. The van der Waals surface area contributed by atoms with Crippen molar-refractivity contribution < 1.29 is 13.2 Å². The molecule has 3 aromatic rings. The van der Waals surface area contributed by atoms with Crippen LogP contribution in [0.15, 0.2) is 82.7 Å². The van der Waals surface area contributed by atoms with E-state index >= 15 is 0 Å². The summed E-state index contributed by atoms with van der Waals surface area (Å²) in [7, 11) is -3.96. The lowest BCUT2D eigenvalue weighted by Gasteiger charge is -2.29. The van der Waals surface area contributed by atoms with E-state index in [-0.39, 0.29) is 9.80 Å². The van der Waals surface area contributed by atoms with Gasteiger partial charge in [-0.2, -0.15) is 0 Å². The van der Waals surface area contributed by atoms with Crippen molar-refractivity contribution in [3.63, 3.8) is 0 Å². The van der Waals surface area contributed by atoms with E-state index in [1.165, 1.54) is 12.3 Å². The monoisotopic (exact) mass is 423 g/mol. The number of benzene rings is 3. The van der Waals surface area contributed by atoms with Gasteiger partial charge in [-0.25, -0.2) is 8.42 Å². The normalized spacial score (nSPS) is 14.9. The maximum Gasteiger partial charge on any atom is 0.214 e. The molecule has 4 rings (SSSR count). The van der Waals surface area contributed by atoms with Gasteiger partial charge in [-0.1, -0.05) is 47.5 Å². The van der Waals surface area contributed by atoms with Gasteiger partial charge >= 0.3 is 0 Å². The Labute approximate surface area is 175 Å². The molecule has 0 fully saturated rings. The van der Waals surface area contributed by atoms with Crippen molar-refractivity contribution in [2.45, 2.75) is 18.7 Å². The van der Waals surface area contributed by atoms with Crippen molar-refractivity contribution >= 4 is 38.6 Å². The van der Waals surface area contributed by atoms with E-state index in [1.54, 1.807) is 66.4 Å². The van der Waals surface area contributed by atoms with Gasteiger partial charge in [-0.3, -0.25) is 4.79 Å². The van der Waals surface area contributed by atoms with E-state index in [2.05, 4.69) is 0 Å². The third kappa shape index (κ3) is 3.37. The van der Waals surface area contributed by atoms with Crippen molar-refractivity contribution in [2.24, 2.45) is 0 Å². The van der Waals surface area contributed by atoms with Crippen molar-refractivity contribution in [3.05, 3.63) is 99.5 Å². The highest BCUT2D eigenvalue weighted by molar-refractivity contribution is 7.96. The van der Waals surface area contributed by atoms with Crippen LogP contribution in [0.4, 0.5) is 11.4 Å². The topological polar surface area (TPSA) is 54.5 Å². The first kappa shape index (κ1) is 19.4. The molecule has 0 aliphatic carbocycles. The van der Waals surface area contributed by atoms with Gasteiger partial charge in [0.2, 0.25) is 15.6 Å². The molecule has 29 heavy (non-hydrogen) atoms. The molecule has 1 aliphatic rings. The molecule has 0 spiro atoms. The fourth-order valence-electron chi connectivity index (χ4n) is 3.46. The first-order valence-corrected chi connectivity index (χ1v) is 10.9. The molecule has 0 saturated heterocycles. The summed E-state index contributed by atoms with van der Waals surface area (Å²) in [6, 6.07) is 19.0. The van der Waals surface area contributed by atoms with Crippen LogP contribution in [0.5, 0.6) is 0 Å². The van der Waals surface area contributed by atoms with Gasteiger partial charge in [0.05, 0.1) is 10.6 Å². The van der Waals surface area contributed by atoms with Crippen molar-refractivity contribution in [2.75, 3.05) is 4.90 Å². The smallest absolute Gasteiger partial charge is 0.214 e. The molecule has 0 atom stereocenters. The summed E-state index contributed by atoms with van der Waals surface area (Å²) in [5.74, 6) is -0.518. The Morgan fingerprint density at radius 1 is 0.931 bits per heavy atom. The standard InChI is InChI=1S/C23H18ClNO3S/c1-15-7-12-19(16(2)13-15)23(26)22-14-25(18-10-8-17(24)9-11-18)20-5-3-4-6-21(20)29(22,27)28/h3-14H,1-2H3. The van der Waals surface area contributed by atoms with E-state index in [0.717, 1.165) is 11.1 Å². The van der Waals surface area contributed by atoms with Gasteiger partial charge in [0.1, 0.15) is 4.91 Å². The van der Waals surface area contributed by atoms with E-state index in [0.29, 0.717) is 22.0 Å². The number of carbonyl (C=O) groups is 1. The predicted molar refractivity (Wildman–Crippen MR) is 116 cm³/mol. The fourth-order valence-corrected chi connectivity index (χ4v) is 5.12. The van der Waals surface area contributed by atoms with Gasteiger partial charge in [0, 0.05) is 22.5 Å². The average Bonchev–Trinajstić information content (AvgIpc) is 2.69. The highest BCUT2D eigenvalue weighted by Gasteiger charge is 2.36. The number of para-hydroxylation sites is 1. The number of nitrogens with zero attached hydrogens (tertiary/aromatic N) is 1. The number of ketones is 1. The molecule has 1 aliphatic heterocycles. The number of halogens is 1. The van der Waals surface area contributed by atoms with Crippen molar-refractivity contribution in [1.29, 1.82) is 0 Å². The van der Waals surface area contributed by atoms with Gasteiger partial charge < -0.3 is 4.90 Å². The summed E-state index contributed by atoms with van der Waals surface area (Å²) < 4.78 is 26.6. The Balaban J connectivity index is 1.92. The second-order valence-electron chi connectivity index (χ2n) is 6.96. The highest BCUT2D eigenvalue weighted by Crippen LogP contribution is 2.40. The van der Waals surface area contributed by atoms with Crippen LogP contribution < -0.4 is 4.90 Å². The Bertz CT molecular complexity index is 1260. The average molecular weight is 424 g/mol. The van der Waals surface area contributed by atoms with Gasteiger partial charge in [0.25, 0.3) is 0 Å². The molecule has 0 N–H and O–H groups in total. The van der Waals surface area contributed by atoms with Crippen LogP contribution in [-0.2, 0) is 9.84 Å². The zero-order valence-electron chi connectivity index (χ0n) is 15.9. The van der Waals surface area contributed by atoms with Gasteiger partial charge in [-0.15, -0.1) is 0 Å². The second kappa shape index (κ2) is 7.17. The molecular formula is C23H18ClNO3S. The van der Waals surface area contributed by atoms with Crippen LogP contribution in [0.1, 0.15) is 21.5 Å². The number of hydrogen-bond donors (Lipinski definition) is 0. The molecule has 0 bridgehead atoms. The van der Waals surface area contributed by atoms with Crippen LogP contribution in [-0.4, -0.2) is 14.2 Å². The number of rotatable bonds is 3. The van der Waals surface area contributed by atoms with Gasteiger partial charge in [-0.05, 0) is 55.8 Å². The minimum absolute atomic E-state index is 0.102. The van der Waals surface area contributed by atoms with Crippen molar-refractivity contribution in [1.82, 2.24) is 0 Å². The van der Waals surface area contributed by atoms with E-state index in [9.17, 15) is 13.2 Å². The van der Waals surface area contributed by atoms with Crippen LogP contribution in [0.3, 0.4) is 0 Å². The van der Waals surface area contributed by atoms with E-state index in [1.807, 2.05) is 13.0 Å². The van der Waals surface area contributed by atoms with E-state index < -0.39 is 15.6 Å². The van der Waals surface area contributed by atoms with Crippen LogP contribution >= 0.6 is 11.6 Å². The quantitative estimate of drug-likeness (QED) is 0.514. The lowest BCUT2D eigenvalue weighted by molar-refractivity contribution is 0.104. The molecule has 0 amide bonds. The number of aryl methyl sites for hydroxylation is 2. The molecule has 3 aromatic carbocycles. The Hall–Kier alpha value is -2.89. The molecule has 1 heterocycles. The Morgan fingerprint density at radius 2 is 1.62 bits per heavy atom. The molecule has 6 heteroatoms. The van der Waals surface area contributed by atoms with E-state index in [4.69, 9.17) is 11.6 Å². The Kier molecular flexibility index (Phi) is 4.81. The predicted octanol–water partition coefficient (Wildman–Crippen LogP) is 5.61. The largest absolute Gasteiger partial charge is 0.314 e. The molecule has 0 radical (unpaired) electrons. The number of fused-ring (bicyclic) bond motifs is 1. The SMILES string of the molecule is Cc1ccc(C(=O)C2=CN(c3ccc(Cl)cc3)c3ccccc3S2(=O)=O)c(C)c1. The van der Waals surface area contributed by atoms with Crippen molar-refractivity contribution in [3.8, 4) is 0 Å². The number of Topliss-reactive ketones (excluding diaryl/α,β-unsaturated/α-hetero) is 1. The third-order valence-electron chi connectivity index (χ3n) is 4.91. The summed E-state index contributed by atoms with van der Waals surface area (Å²) in [5.41, 5.74) is 3.33. The number of sulfone groups is 1. The van der Waals surface area contributed by atoms with Crippen LogP contribution in [0.2, 0.25) is 5.02 Å². The summed E-state index contributed by atoms with van der Waals surface area (Å²) in [4.78, 5) is 14.9.